The molecular weight excluding hydrogens is 330 g/mol. The molecule has 1 aliphatic carbocycles. The van der Waals surface area contributed by atoms with Crippen LogP contribution in [0.4, 0.5) is 0 Å². The Kier molecular flexibility index (Phi) is 5.24. The van der Waals surface area contributed by atoms with Crippen molar-refractivity contribution >= 4 is 5.91 Å². The Hall–Kier alpha value is -2.28. The fourth-order valence-electron chi connectivity index (χ4n) is 4.10. The van der Waals surface area contributed by atoms with E-state index >= 15 is 0 Å². The molecule has 1 aromatic heterocycles. The monoisotopic (exact) mass is 355 g/mol. The molecule has 138 valence electrons. The highest BCUT2D eigenvalue weighted by molar-refractivity contribution is 5.79. The van der Waals surface area contributed by atoms with E-state index in [1.54, 1.807) is 11.0 Å². The number of benzene rings is 1. The summed E-state index contributed by atoms with van der Waals surface area (Å²) in [5.41, 5.74) is 1.15. The fourth-order valence-corrected chi connectivity index (χ4v) is 4.10. The van der Waals surface area contributed by atoms with Crippen molar-refractivity contribution in [3.05, 3.63) is 42.2 Å². The molecule has 2 heterocycles. The molecule has 4 rings (SSSR count). The third-order valence-corrected chi connectivity index (χ3v) is 5.58. The van der Waals surface area contributed by atoms with Crippen molar-refractivity contribution < 1.29 is 9.53 Å². The molecule has 26 heavy (non-hydrogen) atoms. The predicted octanol–water partition coefficient (Wildman–Crippen LogP) is 2.08. The number of carbonyl (C=O) groups is 1. The maximum absolute atomic E-state index is 13.0. The molecule has 1 atom stereocenters. The molecule has 2 fully saturated rings. The number of tetrazole rings is 1. The highest BCUT2D eigenvalue weighted by Crippen LogP contribution is 2.32. The van der Waals surface area contributed by atoms with Crippen LogP contribution in [0.5, 0.6) is 0 Å². The topological polar surface area (TPSA) is 73.1 Å². The molecule has 1 aliphatic heterocycles. The normalized spacial score (nSPS) is 26.6. The minimum absolute atomic E-state index is 0.00921. The molecule has 0 unspecified atom stereocenters. The SMILES string of the molecule is O=C(C1CCC(Cn2cnnn2)CC1)N1CCO[C@H](c2ccccc2)C1. The second kappa shape index (κ2) is 7.95. The van der Waals surface area contributed by atoms with Crippen molar-refractivity contribution in [1.82, 2.24) is 25.1 Å². The lowest BCUT2D eigenvalue weighted by Gasteiger charge is -2.37. The molecule has 7 heteroatoms. The summed E-state index contributed by atoms with van der Waals surface area (Å²) in [7, 11) is 0. The minimum atomic E-state index is -0.00921. The number of carbonyl (C=O) groups excluding carboxylic acids is 1. The predicted molar refractivity (Wildman–Crippen MR) is 95.0 cm³/mol. The summed E-state index contributed by atoms with van der Waals surface area (Å²) < 4.78 is 7.68. The smallest absolute Gasteiger partial charge is 0.225 e. The average molecular weight is 355 g/mol. The lowest BCUT2D eigenvalue weighted by molar-refractivity contribution is -0.144. The zero-order valence-corrected chi connectivity index (χ0v) is 14.9. The number of hydrogen-bond acceptors (Lipinski definition) is 5. The summed E-state index contributed by atoms with van der Waals surface area (Å²) in [4.78, 5) is 15.0. The van der Waals surface area contributed by atoms with Gasteiger partial charge in [0.05, 0.1) is 13.2 Å². The van der Waals surface area contributed by atoms with E-state index in [1.807, 2.05) is 23.1 Å². The van der Waals surface area contributed by atoms with Gasteiger partial charge in [-0.3, -0.25) is 4.79 Å². The van der Waals surface area contributed by atoms with Gasteiger partial charge in [-0.2, -0.15) is 0 Å². The first kappa shape index (κ1) is 17.1. The molecule has 0 N–H and O–H groups in total. The van der Waals surface area contributed by atoms with Gasteiger partial charge in [-0.25, -0.2) is 4.68 Å². The molecule has 0 spiro atoms. The van der Waals surface area contributed by atoms with Crippen LogP contribution in [0.25, 0.3) is 0 Å². The highest BCUT2D eigenvalue weighted by atomic mass is 16.5. The Balaban J connectivity index is 1.30. The molecule has 0 radical (unpaired) electrons. The highest BCUT2D eigenvalue weighted by Gasteiger charge is 2.32. The Bertz CT molecular complexity index is 698. The van der Waals surface area contributed by atoms with E-state index in [-0.39, 0.29) is 12.0 Å². The van der Waals surface area contributed by atoms with E-state index in [0.717, 1.165) is 37.8 Å². The quantitative estimate of drug-likeness (QED) is 0.839. The van der Waals surface area contributed by atoms with Gasteiger partial charge in [0.2, 0.25) is 5.91 Å². The number of ether oxygens (including phenoxy) is 1. The average Bonchev–Trinajstić information content (AvgIpc) is 3.22. The largest absolute Gasteiger partial charge is 0.370 e. The van der Waals surface area contributed by atoms with Gasteiger partial charge in [0.25, 0.3) is 0 Å². The van der Waals surface area contributed by atoms with Gasteiger partial charge in [-0.15, -0.1) is 5.10 Å². The van der Waals surface area contributed by atoms with Crippen LogP contribution in [0, 0.1) is 11.8 Å². The van der Waals surface area contributed by atoms with Crippen molar-refractivity contribution in [3.63, 3.8) is 0 Å². The van der Waals surface area contributed by atoms with Gasteiger partial charge >= 0.3 is 0 Å². The van der Waals surface area contributed by atoms with Gasteiger partial charge in [0.1, 0.15) is 12.4 Å². The van der Waals surface area contributed by atoms with Crippen LogP contribution in [0.1, 0.15) is 37.4 Å². The molecule has 1 aromatic carbocycles. The molecule has 1 amide bonds. The van der Waals surface area contributed by atoms with Gasteiger partial charge in [0, 0.05) is 19.0 Å². The maximum Gasteiger partial charge on any atom is 0.225 e. The summed E-state index contributed by atoms with van der Waals surface area (Å²) in [5, 5.41) is 11.3. The lowest BCUT2D eigenvalue weighted by Crippen LogP contribution is -2.45. The third-order valence-electron chi connectivity index (χ3n) is 5.58. The number of rotatable bonds is 4. The van der Waals surface area contributed by atoms with E-state index < -0.39 is 0 Å². The molecule has 1 saturated carbocycles. The van der Waals surface area contributed by atoms with E-state index in [1.165, 1.54) is 0 Å². The van der Waals surface area contributed by atoms with Gasteiger partial charge in [0.15, 0.2) is 0 Å². The summed E-state index contributed by atoms with van der Waals surface area (Å²) >= 11 is 0. The van der Waals surface area contributed by atoms with Crippen LogP contribution in [-0.4, -0.2) is 50.7 Å². The maximum atomic E-state index is 13.0. The Labute approximate surface area is 153 Å². The van der Waals surface area contributed by atoms with Crippen LogP contribution in [-0.2, 0) is 16.1 Å². The van der Waals surface area contributed by atoms with E-state index in [2.05, 4.69) is 27.7 Å². The van der Waals surface area contributed by atoms with Crippen LogP contribution >= 0.6 is 0 Å². The van der Waals surface area contributed by atoms with Gasteiger partial charge < -0.3 is 9.64 Å². The number of hydrogen-bond donors (Lipinski definition) is 0. The lowest BCUT2D eigenvalue weighted by atomic mass is 9.81. The molecule has 0 bridgehead atoms. The van der Waals surface area contributed by atoms with Crippen LogP contribution in [0.3, 0.4) is 0 Å². The van der Waals surface area contributed by atoms with Gasteiger partial charge in [-0.05, 0) is 47.6 Å². The summed E-state index contributed by atoms with van der Waals surface area (Å²) in [6, 6.07) is 10.2. The first-order chi connectivity index (χ1) is 12.8. The standard InChI is InChI=1S/C19H25N5O2/c25-19(17-8-6-15(7-9-17)12-24-14-20-21-22-24)23-10-11-26-18(13-23)16-4-2-1-3-5-16/h1-5,14-15,17-18H,6-13H2/t15?,17?,18-/m0/s1. The zero-order chi connectivity index (χ0) is 17.8. The third kappa shape index (κ3) is 3.93. The molecule has 7 nitrogen and oxygen atoms in total. The van der Waals surface area contributed by atoms with Crippen molar-refractivity contribution in [2.24, 2.45) is 11.8 Å². The van der Waals surface area contributed by atoms with Crippen LogP contribution in [0.2, 0.25) is 0 Å². The molecule has 1 saturated heterocycles. The Morgan fingerprint density at radius 2 is 1.96 bits per heavy atom. The Morgan fingerprint density at radius 3 is 2.69 bits per heavy atom. The summed E-state index contributed by atoms with van der Waals surface area (Å²) in [6.45, 7) is 2.82. The molecular formula is C19H25N5O2. The van der Waals surface area contributed by atoms with E-state index in [9.17, 15) is 4.79 Å². The van der Waals surface area contributed by atoms with Crippen molar-refractivity contribution in [1.29, 1.82) is 0 Å². The van der Waals surface area contributed by atoms with E-state index in [0.29, 0.717) is 31.5 Å². The summed E-state index contributed by atoms with van der Waals surface area (Å²) in [6.07, 6.45) is 5.68. The van der Waals surface area contributed by atoms with Crippen molar-refractivity contribution in [2.45, 2.75) is 38.3 Å². The summed E-state index contributed by atoms with van der Waals surface area (Å²) in [5.74, 6) is 1.01. The number of amides is 1. The Morgan fingerprint density at radius 1 is 1.15 bits per heavy atom. The van der Waals surface area contributed by atoms with Crippen molar-refractivity contribution in [3.8, 4) is 0 Å². The fraction of sp³-hybridized carbons (Fsp3) is 0.579. The number of morpholine rings is 1. The molecule has 2 aromatic rings. The minimum Gasteiger partial charge on any atom is -0.370 e. The first-order valence-corrected chi connectivity index (χ1v) is 9.45. The van der Waals surface area contributed by atoms with E-state index in [4.69, 9.17) is 4.74 Å². The molecule has 2 aliphatic rings. The second-order valence-corrected chi connectivity index (χ2v) is 7.30. The van der Waals surface area contributed by atoms with Crippen molar-refractivity contribution in [2.75, 3.05) is 19.7 Å². The van der Waals surface area contributed by atoms with Gasteiger partial charge in [-0.1, -0.05) is 30.3 Å². The van der Waals surface area contributed by atoms with Crippen LogP contribution < -0.4 is 0 Å². The first-order valence-electron chi connectivity index (χ1n) is 9.45. The van der Waals surface area contributed by atoms with Crippen LogP contribution in [0.15, 0.2) is 36.7 Å². The number of nitrogens with zero attached hydrogens (tertiary/aromatic N) is 5. The second-order valence-electron chi connectivity index (χ2n) is 7.30. The number of aromatic nitrogens is 4. The zero-order valence-electron chi connectivity index (χ0n) is 14.9.